The van der Waals surface area contributed by atoms with Crippen molar-refractivity contribution in [2.75, 3.05) is 0 Å². The van der Waals surface area contributed by atoms with Crippen molar-refractivity contribution in [2.24, 2.45) is 0 Å². The molecule has 0 aliphatic rings. The van der Waals surface area contributed by atoms with Crippen LogP contribution in [0.4, 0.5) is 4.39 Å². The fraction of sp³-hybridized carbons (Fsp3) is 0. The summed E-state index contributed by atoms with van der Waals surface area (Å²) in [7, 11) is 0. The van der Waals surface area contributed by atoms with Crippen molar-refractivity contribution in [1.29, 1.82) is 5.26 Å². The lowest BCUT2D eigenvalue weighted by molar-refractivity contribution is 0.628. The van der Waals surface area contributed by atoms with Crippen LogP contribution in [0.2, 0.25) is 0 Å². The van der Waals surface area contributed by atoms with E-state index in [1.54, 1.807) is 18.2 Å². The molecule has 0 spiro atoms. The topological polar surface area (TPSA) is 78.2 Å². The van der Waals surface area contributed by atoms with Crippen LogP contribution in [0.25, 0.3) is 11.6 Å². The number of allylic oxidation sites excluding steroid dienone is 1. The van der Waals surface area contributed by atoms with E-state index in [0.717, 1.165) is 0 Å². The van der Waals surface area contributed by atoms with Crippen molar-refractivity contribution < 1.29 is 4.39 Å². The molecule has 1 heterocycles. The monoisotopic (exact) mass is 215 g/mol. The van der Waals surface area contributed by atoms with Gasteiger partial charge < -0.3 is 0 Å². The quantitative estimate of drug-likeness (QED) is 0.768. The maximum atomic E-state index is 12.7. The van der Waals surface area contributed by atoms with Gasteiger partial charge in [-0.05, 0) is 29.0 Å². The van der Waals surface area contributed by atoms with Gasteiger partial charge in [0.2, 0.25) is 5.82 Å². The summed E-state index contributed by atoms with van der Waals surface area (Å²) in [5.41, 5.74) is 0.961. The predicted octanol–water partition coefficient (Wildman–Crippen LogP) is 1.40. The number of hydrogen-bond acceptors (Lipinski definition) is 4. The van der Waals surface area contributed by atoms with E-state index in [0.29, 0.717) is 5.56 Å². The van der Waals surface area contributed by atoms with Gasteiger partial charge in [-0.15, -0.1) is 10.2 Å². The second kappa shape index (κ2) is 4.31. The van der Waals surface area contributed by atoms with E-state index >= 15 is 0 Å². The van der Waals surface area contributed by atoms with Crippen LogP contribution in [-0.4, -0.2) is 20.6 Å². The zero-order chi connectivity index (χ0) is 11.4. The third-order valence-corrected chi connectivity index (χ3v) is 1.89. The van der Waals surface area contributed by atoms with E-state index in [1.807, 2.05) is 6.07 Å². The van der Waals surface area contributed by atoms with Crippen LogP contribution in [0.15, 0.2) is 24.3 Å². The lowest BCUT2D eigenvalue weighted by Gasteiger charge is -1.94. The average molecular weight is 215 g/mol. The summed E-state index contributed by atoms with van der Waals surface area (Å²) in [6.07, 6.45) is 1.56. The molecule has 78 valence electrons. The van der Waals surface area contributed by atoms with Gasteiger partial charge in [0.05, 0.1) is 0 Å². The second-order valence-corrected chi connectivity index (χ2v) is 2.96. The van der Waals surface area contributed by atoms with E-state index in [-0.39, 0.29) is 17.2 Å². The van der Waals surface area contributed by atoms with E-state index in [9.17, 15) is 4.39 Å². The minimum atomic E-state index is -0.324. The molecule has 0 radical (unpaired) electrons. The zero-order valence-electron chi connectivity index (χ0n) is 8.05. The van der Waals surface area contributed by atoms with Crippen molar-refractivity contribution in [3.63, 3.8) is 0 Å². The Hall–Kier alpha value is -2.55. The van der Waals surface area contributed by atoms with Gasteiger partial charge in [0, 0.05) is 0 Å². The fourth-order valence-electron chi connectivity index (χ4n) is 1.15. The first-order chi connectivity index (χ1) is 7.79. The second-order valence-electron chi connectivity index (χ2n) is 2.96. The molecule has 0 amide bonds. The molecule has 0 saturated heterocycles. The number of aromatic nitrogens is 4. The largest absolute Gasteiger partial charge is 0.215 e. The molecule has 2 aromatic rings. The number of rotatable bonds is 2. The van der Waals surface area contributed by atoms with Gasteiger partial charge in [0.25, 0.3) is 0 Å². The number of nitriles is 1. The maximum Gasteiger partial charge on any atom is 0.215 e. The number of halogens is 1. The molecule has 0 bridgehead atoms. The average Bonchev–Trinajstić information content (AvgIpc) is 2.82. The Bertz CT molecular complexity index is 536. The van der Waals surface area contributed by atoms with Crippen molar-refractivity contribution in [1.82, 2.24) is 20.6 Å². The van der Waals surface area contributed by atoms with Crippen LogP contribution in [0.5, 0.6) is 0 Å². The molecule has 0 unspecified atom stereocenters. The predicted molar refractivity (Wildman–Crippen MR) is 54.1 cm³/mol. The molecule has 0 saturated carbocycles. The molecule has 6 heteroatoms. The Kier molecular flexibility index (Phi) is 2.69. The Morgan fingerprint density at radius 1 is 1.38 bits per heavy atom. The normalized spacial score (nSPS) is 11.1. The smallest absolute Gasteiger partial charge is 0.207 e. The fourth-order valence-corrected chi connectivity index (χ4v) is 1.15. The van der Waals surface area contributed by atoms with Crippen LogP contribution in [0.3, 0.4) is 0 Å². The zero-order valence-corrected chi connectivity index (χ0v) is 8.05. The third-order valence-electron chi connectivity index (χ3n) is 1.89. The molecule has 16 heavy (non-hydrogen) atoms. The van der Waals surface area contributed by atoms with Crippen LogP contribution in [0.1, 0.15) is 11.4 Å². The van der Waals surface area contributed by atoms with Gasteiger partial charge in [-0.1, -0.05) is 12.1 Å². The number of tetrazole rings is 1. The highest BCUT2D eigenvalue weighted by Gasteiger charge is 2.05. The molecule has 0 fully saturated rings. The maximum absolute atomic E-state index is 12.7. The lowest BCUT2D eigenvalue weighted by atomic mass is 10.1. The summed E-state index contributed by atoms with van der Waals surface area (Å²) >= 11 is 0. The molecule has 0 atom stereocenters. The Balaban J connectivity index is 2.36. The minimum absolute atomic E-state index is 0.215. The van der Waals surface area contributed by atoms with Gasteiger partial charge in [0.1, 0.15) is 17.5 Å². The highest BCUT2D eigenvalue weighted by molar-refractivity contribution is 5.86. The molecule has 0 aliphatic heterocycles. The summed E-state index contributed by atoms with van der Waals surface area (Å²) in [6, 6.07) is 7.71. The Morgan fingerprint density at radius 2 is 2.12 bits per heavy atom. The SMILES string of the molecule is N#CC(=Cc1ccc(F)cc1)c1nn[nH]n1. The number of aromatic amines is 1. The van der Waals surface area contributed by atoms with Gasteiger partial charge >= 0.3 is 0 Å². The summed E-state index contributed by atoms with van der Waals surface area (Å²) in [5.74, 6) is -0.109. The molecular formula is C10H6FN5. The number of nitrogens with one attached hydrogen (secondary N) is 1. The number of benzene rings is 1. The number of H-pyrrole nitrogens is 1. The van der Waals surface area contributed by atoms with Crippen molar-refractivity contribution in [3.05, 3.63) is 41.5 Å². The van der Waals surface area contributed by atoms with E-state index in [2.05, 4.69) is 20.6 Å². The minimum Gasteiger partial charge on any atom is -0.207 e. The highest BCUT2D eigenvalue weighted by atomic mass is 19.1. The molecule has 0 aliphatic carbocycles. The molecule has 2 rings (SSSR count). The van der Waals surface area contributed by atoms with E-state index < -0.39 is 0 Å². The molecule has 1 N–H and O–H groups in total. The molecule has 1 aromatic heterocycles. The summed E-state index contributed by atoms with van der Waals surface area (Å²) in [6.45, 7) is 0. The Labute approximate surface area is 90.2 Å². The van der Waals surface area contributed by atoms with E-state index in [1.165, 1.54) is 12.1 Å². The summed E-state index contributed by atoms with van der Waals surface area (Å²) in [4.78, 5) is 0. The van der Waals surface area contributed by atoms with Crippen LogP contribution in [0, 0.1) is 17.1 Å². The molecule has 1 aromatic carbocycles. The lowest BCUT2D eigenvalue weighted by Crippen LogP contribution is -1.85. The van der Waals surface area contributed by atoms with Gasteiger partial charge in [-0.25, -0.2) is 4.39 Å². The Morgan fingerprint density at radius 3 is 2.69 bits per heavy atom. The van der Waals surface area contributed by atoms with Crippen molar-refractivity contribution >= 4 is 11.6 Å². The van der Waals surface area contributed by atoms with Gasteiger partial charge in [0.15, 0.2) is 0 Å². The van der Waals surface area contributed by atoms with Crippen molar-refractivity contribution in [2.45, 2.75) is 0 Å². The van der Waals surface area contributed by atoms with Gasteiger partial charge in [-0.3, -0.25) is 0 Å². The van der Waals surface area contributed by atoms with Crippen LogP contribution in [-0.2, 0) is 0 Å². The summed E-state index contributed by atoms with van der Waals surface area (Å²) < 4.78 is 12.7. The van der Waals surface area contributed by atoms with Crippen LogP contribution < -0.4 is 0 Å². The van der Waals surface area contributed by atoms with Crippen molar-refractivity contribution in [3.8, 4) is 6.07 Å². The number of hydrogen-bond donors (Lipinski definition) is 1. The highest BCUT2D eigenvalue weighted by Crippen LogP contribution is 2.13. The first-order valence-electron chi connectivity index (χ1n) is 4.41. The third kappa shape index (κ3) is 2.09. The van der Waals surface area contributed by atoms with E-state index in [4.69, 9.17) is 5.26 Å². The molecular weight excluding hydrogens is 209 g/mol. The van der Waals surface area contributed by atoms with Crippen LogP contribution >= 0.6 is 0 Å². The standard InChI is InChI=1S/C10H6FN5/c11-9-3-1-7(2-4-9)5-8(6-12)10-13-15-16-14-10/h1-5H,(H,13,14,15,16). The summed E-state index contributed by atoms with van der Waals surface area (Å²) in [5, 5.41) is 21.9. The molecule has 5 nitrogen and oxygen atoms in total. The first kappa shape index (κ1) is 9.98. The number of nitrogens with zero attached hydrogens (tertiary/aromatic N) is 4. The first-order valence-corrected chi connectivity index (χ1v) is 4.41. The van der Waals surface area contributed by atoms with Gasteiger partial charge in [-0.2, -0.15) is 10.5 Å².